The minimum Gasteiger partial charge on any atom is -0.480 e. The lowest BCUT2D eigenvalue weighted by molar-refractivity contribution is -0.143. The maximum Gasteiger partial charge on any atom is 0.326 e. The first-order valence-corrected chi connectivity index (χ1v) is 20.0. The van der Waals surface area contributed by atoms with E-state index in [1.807, 2.05) is 44.2 Å². The molecule has 17 heteroatoms. The van der Waals surface area contributed by atoms with Gasteiger partial charge in [-0.25, -0.2) is 4.79 Å². The molecule has 3 rings (SSSR count). The number of guanidine groups is 1. The average Bonchev–Trinajstić information content (AvgIpc) is 3.68. The van der Waals surface area contributed by atoms with Crippen LogP contribution in [0.15, 0.2) is 65.7 Å². The van der Waals surface area contributed by atoms with Gasteiger partial charge in [-0.15, -0.1) is 0 Å². The minimum absolute atomic E-state index is 0.0323. The van der Waals surface area contributed by atoms with Crippen LogP contribution in [0.4, 0.5) is 0 Å². The highest BCUT2D eigenvalue weighted by Gasteiger charge is 2.39. The third kappa shape index (κ3) is 15.8. The Morgan fingerprint density at radius 3 is 1.91 bits per heavy atom. The predicted octanol–water partition coefficient (Wildman–Crippen LogP) is 0.0426. The number of hydrogen-bond donors (Lipinski definition) is 9. The fraction of sp³-hybridized carbons (Fsp3) is 0.537. The average molecular weight is 807 g/mol. The molecule has 0 bridgehead atoms. The number of carboxylic acid groups (broad SMARTS) is 1. The van der Waals surface area contributed by atoms with E-state index in [0.717, 1.165) is 5.56 Å². The number of nitrogens with zero attached hydrogens (tertiary/aromatic N) is 2. The third-order valence-corrected chi connectivity index (χ3v) is 9.85. The lowest BCUT2D eigenvalue weighted by Crippen LogP contribution is -2.59. The second-order valence-electron chi connectivity index (χ2n) is 15.1. The zero-order chi connectivity index (χ0) is 42.6. The number of unbranched alkanes of at least 4 members (excludes halogenated alkanes) is 1. The topological polar surface area (TPSA) is 290 Å². The van der Waals surface area contributed by atoms with Crippen LogP contribution in [-0.2, 0) is 41.6 Å². The first-order chi connectivity index (χ1) is 27.7. The van der Waals surface area contributed by atoms with Crippen LogP contribution >= 0.6 is 0 Å². The number of amides is 5. The normalized spacial score (nSPS) is 16.3. The van der Waals surface area contributed by atoms with E-state index in [4.69, 9.17) is 22.9 Å². The molecule has 318 valence electrons. The van der Waals surface area contributed by atoms with Crippen molar-refractivity contribution in [2.24, 2.45) is 33.8 Å². The van der Waals surface area contributed by atoms with E-state index in [9.17, 15) is 33.9 Å². The molecule has 0 aliphatic carbocycles. The van der Waals surface area contributed by atoms with Gasteiger partial charge in [0, 0.05) is 19.5 Å². The first kappa shape index (κ1) is 46.8. The molecule has 13 N–H and O–H groups in total. The van der Waals surface area contributed by atoms with Crippen molar-refractivity contribution in [3.8, 4) is 0 Å². The van der Waals surface area contributed by atoms with Gasteiger partial charge < -0.3 is 54.2 Å². The van der Waals surface area contributed by atoms with Crippen molar-refractivity contribution in [2.45, 2.75) is 114 Å². The van der Waals surface area contributed by atoms with Gasteiger partial charge in [0.15, 0.2) is 5.96 Å². The summed E-state index contributed by atoms with van der Waals surface area (Å²) >= 11 is 0. The molecule has 6 atom stereocenters. The summed E-state index contributed by atoms with van der Waals surface area (Å²) in [5, 5.41) is 20.8. The molecule has 0 spiro atoms. The van der Waals surface area contributed by atoms with Crippen molar-refractivity contribution in [2.75, 3.05) is 19.6 Å². The van der Waals surface area contributed by atoms with E-state index in [1.165, 1.54) is 4.90 Å². The van der Waals surface area contributed by atoms with Crippen LogP contribution in [0, 0.1) is 5.92 Å². The molecule has 0 radical (unpaired) electrons. The van der Waals surface area contributed by atoms with E-state index in [1.54, 1.807) is 30.3 Å². The number of carbonyl (C=O) groups excluding carboxylic acids is 5. The summed E-state index contributed by atoms with van der Waals surface area (Å²) in [5.41, 5.74) is 24.3. The summed E-state index contributed by atoms with van der Waals surface area (Å²) in [4.78, 5) is 86.4. The van der Waals surface area contributed by atoms with Crippen molar-refractivity contribution in [1.29, 1.82) is 0 Å². The van der Waals surface area contributed by atoms with Gasteiger partial charge in [-0.05, 0) is 81.4 Å². The number of likely N-dealkylation sites (tertiary alicyclic amines) is 1. The van der Waals surface area contributed by atoms with Crippen LogP contribution in [0.25, 0.3) is 0 Å². The summed E-state index contributed by atoms with van der Waals surface area (Å²) in [5.74, 6) is -4.29. The van der Waals surface area contributed by atoms with Gasteiger partial charge >= 0.3 is 5.97 Å². The van der Waals surface area contributed by atoms with Crippen molar-refractivity contribution in [3.63, 3.8) is 0 Å². The summed E-state index contributed by atoms with van der Waals surface area (Å²) in [6.45, 7) is 4.60. The minimum atomic E-state index is -1.28. The molecule has 1 aliphatic rings. The van der Waals surface area contributed by atoms with Crippen LogP contribution in [0.3, 0.4) is 0 Å². The first-order valence-electron chi connectivity index (χ1n) is 20.0. The SMILES string of the molecule is CC(C)C[C@H](NC(=O)[C@@H]1CCCN1C(=O)[C@H](CCCCN)NC(=O)[C@@H](N)Cc1ccccc1)C(=O)N[C@@H](Cc1ccccc1)C(=O)N[C@@H](CCCN=C(N)N)C(=O)O. The number of aliphatic carboxylic acids is 1. The van der Waals surface area contributed by atoms with E-state index < -0.39 is 71.8 Å². The van der Waals surface area contributed by atoms with E-state index in [2.05, 4.69) is 26.3 Å². The predicted molar refractivity (Wildman–Crippen MR) is 221 cm³/mol. The van der Waals surface area contributed by atoms with Crippen LogP contribution in [0.5, 0.6) is 0 Å². The number of hydrogen-bond acceptors (Lipinski definition) is 9. The number of carbonyl (C=O) groups is 6. The fourth-order valence-corrected chi connectivity index (χ4v) is 6.83. The lowest BCUT2D eigenvalue weighted by atomic mass is 10.00. The van der Waals surface area contributed by atoms with Gasteiger partial charge in [0.25, 0.3) is 0 Å². The van der Waals surface area contributed by atoms with Gasteiger partial charge in [-0.1, -0.05) is 74.5 Å². The molecular weight excluding hydrogens is 745 g/mol. The zero-order valence-electron chi connectivity index (χ0n) is 33.6. The zero-order valence-corrected chi connectivity index (χ0v) is 33.6. The number of nitrogens with two attached hydrogens (primary N) is 4. The Balaban J connectivity index is 1.77. The Bertz CT molecular complexity index is 1670. The van der Waals surface area contributed by atoms with Gasteiger partial charge in [0.05, 0.1) is 6.04 Å². The van der Waals surface area contributed by atoms with Crippen LogP contribution < -0.4 is 44.2 Å². The van der Waals surface area contributed by atoms with E-state index in [-0.39, 0.29) is 57.1 Å². The van der Waals surface area contributed by atoms with Crippen molar-refractivity contribution in [1.82, 2.24) is 26.2 Å². The maximum atomic E-state index is 14.1. The molecule has 0 aromatic heterocycles. The smallest absolute Gasteiger partial charge is 0.326 e. The number of carboxylic acids is 1. The number of benzene rings is 2. The van der Waals surface area contributed by atoms with Crippen molar-refractivity contribution >= 4 is 41.5 Å². The highest BCUT2D eigenvalue weighted by molar-refractivity contribution is 5.96. The summed E-state index contributed by atoms with van der Waals surface area (Å²) in [7, 11) is 0. The number of rotatable bonds is 24. The monoisotopic (exact) mass is 806 g/mol. The second-order valence-corrected chi connectivity index (χ2v) is 15.1. The second kappa shape index (κ2) is 24.3. The molecule has 1 fully saturated rings. The van der Waals surface area contributed by atoms with Crippen LogP contribution in [0.1, 0.15) is 76.3 Å². The highest BCUT2D eigenvalue weighted by atomic mass is 16.4. The molecule has 17 nitrogen and oxygen atoms in total. The van der Waals surface area contributed by atoms with Gasteiger partial charge in [0.1, 0.15) is 30.2 Å². The van der Waals surface area contributed by atoms with E-state index in [0.29, 0.717) is 44.2 Å². The third-order valence-electron chi connectivity index (χ3n) is 9.85. The van der Waals surface area contributed by atoms with Gasteiger partial charge in [-0.2, -0.15) is 0 Å². The number of aliphatic imine (C=N–C) groups is 1. The lowest BCUT2D eigenvalue weighted by Gasteiger charge is -2.31. The molecule has 5 amide bonds. The Labute approximate surface area is 340 Å². The van der Waals surface area contributed by atoms with Crippen LogP contribution in [-0.4, -0.2) is 107 Å². The standard InChI is InChI=1S/C41H62N10O7/c1-26(2)23-32(36(53)49-33(25-28-15-7-4-8-16-28)37(54)48-31(40(57)58)18-11-21-46-41(44)45)50-38(55)34-19-12-22-51(34)39(56)30(17-9-10-20-42)47-35(52)29(43)24-27-13-5-3-6-14-27/h3-8,13-16,26,29-34H,9-12,17-25,42-43H2,1-2H3,(H,47,52)(H,48,54)(H,49,53)(H,50,55)(H,57,58)(H4,44,45,46)/t29-,30-,31-,32-,33-,34-/m0/s1. The molecular formula is C41H62N10O7. The highest BCUT2D eigenvalue weighted by Crippen LogP contribution is 2.21. The maximum absolute atomic E-state index is 14.1. The quantitative estimate of drug-likeness (QED) is 0.0388. The van der Waals surface area contributed by atoms with E-state index >= 15 is 0 Å². The Kier molecular flexibility index (Phi) is 19.6. The Hall–Kier alpha value is -5.55. The molecule has 2 aromatic carbocycles. The molecule has 58 heavy (non-hydrogen) atoms. The molecule has 2 aromatic rings. The molecule has 1 saturated heterocycles. The van der Waals surface area contributed by atoms with Gasteiger partial charge in [0.2, 0.25) is 29.5 Å². The number of nitrogens with one attached hydrogen (secondary N) is 4. The summed E-state index contributed by atoms with van der Waals surface area (Å²) < 4.78 is 0. The molecule has 1 heterocycles. The molecule has 0 unspecified atom stereocenters. The largest absolute Gasteiger partial charge is 0.480 e. The molecule has 0 saturated carbocycles. The fourth-order valence-electron chi connectivity index (χ4n) is 6.83. The van der Waals surface area contributed by atoms with Crippen molar-refractivity contribution in [3.05, 3.63) is 71.8 Å². The van der Waals surface area contributed by atoms with Crippen molar-refractivity contribution < 1.29 is 33.9 Å². The van der Waals surface area contributed by atoms with Gasteiger partial charge in [-0.3, -0.25) is 29.0 Å². The summed E-state index contributed by atoms with van der Waals surface area (Å²) in [6.07, 6.45) is 3.18. The Morgan fingerprint density at radius 1 is 0.759 bits per heavy atom. The van der Waals surface area contributed by atoms with Crippen LogP contribution in [0.2, 0.25) is 0 Å². The Morgan fingerprint density at radius 2 is 1.33 bits per heavy atom. The molecule has 1 aliphatic heterocycles. The summed E-state index contributed by atoms with van der Waals surface area (Å²) in [6, 6.07) is 11.9.